The molecule has 3 amide bonds. The topological polar surface area (TPSA) is 47.1 Å². The van der Waals surface area contributed by atoms with Gasteiger partial charge in [0, 0.05) is 57.6 Å². The maximum Gasteiger partial charge on any atom is 0.325 e. The molecule has 0 aromatic heterocycles. The predicted octanol–water partition coefficient (Wildman–Crippen LogP) is 2.59. The summed E-state index contributed by atoms with van der Waals surface area (Å²) in [5, 5.41) is 0. The van der Waals surface area contributed by atoms with Crippen molar-refractivity contribution in [3.63, 3.8) is 0 Å². The van der Waals surface area contributed by atoms with Crippen molar-refractivity contribution < 1.29 is 18.4 Å². The Morgan fingerprint density at radius 1 is 0.871 bits per heavy atom. The van der Waals surface area contributed by atoms with Gasteiger partial charge in [-0.15, -0.1) is 0 Å². The van der Waals surface area contributed by atoms with Crippen LogP contribution in [0.2, 0.25) is 0 Å². The molecule has 31 heavy (non-hydrogen) atoms. The zero-order valence-electron chi connectivity index (χ0n) is 17.3. The predicted molar refractivity (Wildman–Crippen MR) is 114 cm³/mol. The number of urea groups is 1. The molecule has 2 heterocycles. The Hall–Kier alpha value is -3.00. The second-order valence-corrected chi connectivity index (χ2v) is 7.91. The molecule has 0 unspecified atom stereocenters. The van der Waals surface area contributed by atoms with Crippen LogP contribution in [0.4, 0.5) is 19.3 Å². The third kappa shape index (κ3) is 5.02. The van der Waals surface area contributed by atoms with E-state index in [1.165, 1.54) is 21.4 Å². The Bertz CT molecular complexity index is 932. The normalized spacial score (nSPS) is 17.5. The van der Waals surface area contributed by atoms with Crippen LogP contribution >= 0.6 is 0 Å². The second-order valence-electron chi connectivity index (χ2n) is 7.91. The van der Waals surface area contributed by atoms with Crippen LogP contribution in [0.3, 0.4) is 0 Å². The maximum absolute atomic E-state index is 13.5. The molecule has 164 valence electrons. The van der Waals surface area contributed by atoms with E-state index in [1.807, 2.05) is 18.2 Å². The lowest BCUT2D eigenvalue weighted by Crippen LogP contribution is -2.51. The van der Waals surface area contributed by atoms with Crippen molar-refractivity contribution in [2.75, 3.05) is 57.3 Å². The molecule has 4 rings (SSSR count). The molecule has 0 radical (unpaired) electrons. The highest BCUT2D eigenvalue weighted by atomic mass is 19.2. The van der Waals surface area contributed by atoms with E-state index in [4.69, 9.17) is 0 Å². The van der Waals surface area contributed by atoms with Crippen LogP contribution in [-0.4, -0.2) is 79.0 Å². The van der Waals surface area contributed by atoms with Gasteiger partial charge in [0.15, 0.2) is 11.6 Å². The van der Waals surface area contributed by atoms with Crippen LogP contribution in [-0.2, 0) is 11.2 Å². The lowest BCUT2D eigenvalue weighted by atomic mass is 10.1. The van der Waals surface area contributed by atoms with Crippen LogP contribution in [0, 0.1) is 11.6 Å². The maximum atomic E-state index is 13.5. The summed E-state index contributed by atoms with van der Waals surface area (Å²) in [6.07, 6.45) is 0.983. The van der Waals surface area contributed by atoms with E-state index in [0.29, 0.717) is 31.9 Å². The van der Waals surface area contributed by atoms with Gasteiger partial charge >= 0.3 is 6.03 Å². The molecule has 0 aliphatic carbocycles. The summed E-state index contributed by atoms with van der Waals surface area (Å²) in [7, 11) is 0. The van der Waals surface area contributed by atoms with Gasteiger partial charge in [-0.2, -0.15) is 0 Å². The molecule has 8 heteroatoms. The molecule has 0 N–H and O–H groups in total. The molecule has 0 spiro atoms. The van der Waals surface area contributed by atoms with Gasteiger partial charge in [0.05, 0.1) is 0 Å². The molecule has 0 saturated carbocycles. The van der Waals surface area contributed by atoms with Gasteiger partial charge in [-0.1, -0.05) is 30.3 Å². The van der Waals surface area contributed by atoms with Crippen molar-refractivity contribution in [2.45, 2.75) is 6.42 Å². The molecule has 2 saturated heterocycles. The van der Waals surface area contributed by atoms with Crippen molar-refractivity contribution in [2.24, 2.45) is 0 Å². The highest BCUT2D eigenvalue weighted by molar-refractivity contribution is 5.96. The Morgan fingerprint density at radius 2 is 1.61 bits per heavy atom. The van der Waals surface area contributed by atoms with E-state index in [-0.39, 0.29) is 18.5 Å². The standard InChI is InChI=1S/C23H26F2N4O2/c24-20-7-6-19(16-21(20)25)29-15-14-28(23(29)31)17-22(30)27-12-10-26(11-13-27)9-8-18-4-2-1-3-5-18/h1-7,16H,8-15,17H2. The molecule has 2 aromatic carbocycles. The zero-order chi connectivity index (χ0) is 21.8. The molecule has 2 aliphatic heterocycles. The third-order valence-electron chi connectivity index (χ3n) is 5.92. The highest BCUT2D eigenvalue weighted by Gasteiger charge is 2.33. The van der Waals surface area contributed by atoms with Gasteiger partial charge in [0.2, 0.25) is 5.91 Å². The smallest absolute Gasteiger partial charge is 0.325 e. The number of amides is 3. The van der Waals surface area contributed by atoms with Gasteiger partial charge in [-0.3, -0.25) is 14.6 Å². The fourth-order valence-electron chi connectivity index (χ4n) is 4.04. The van der Waals surface area contributed by atoms with Crippen LogP contribution in [0.25, 0.3) is 0 Å². The van der Waals surface area contributed by atoms with Gasteiger partial charge in [0.25, 0.3) is 0 Å². The summed E-state index contributed by atoms with van der Waals surface area (Å²) in [6, 6.07) is 13.4. The minimum Gasteiger partial charge on any atom is -0.339 e. The van der Waals surface area contributed by atoms with E-state index in [9.17, 15) is 18.4 Å². The van der Waals surface area contributed by atoms with Gasteiger partial charge in [-0.25, -0.2) is 13.6 Å². The van der Waals surface area contributed by atoms with E-state index in [0.717, 1.165) is 38.2 Å². The SMILES string of the molecule is O=C(CN1CCN(c2ccc(F)c(F)c2)C1=O)N1CCN(CCc2ccccc2)CC1. The van der Waals surface area contributed by atoms with E-state index in [2.05, 4.69) is 17.0 Å². The van der Waals surface area contributed by atoms with Crippen molar-refractivity contribution in [1.29, 1.82) is 0 Å². The van der Waals surface area contributed by atoms with Crippen LogP contribution in [0.15, 0.2) is 48.5 Å². The van der Waals surface area contributed by atoms with E-state index in [1.54, 1.807) is 4.90 Å². The number of hydrogen-bond acceptors (Lipinski definition) is 3. The second kappa shape index (κ2) is 9.43. The van der Waals surface area contributed by atoms with Crippen LogP contribution in [0.5, 0.6) is 0 Å². The quantitative estimate of drug-likeness (QED) is 0.711. The first-order valence-corrected chi connectivity index (χ1v) is 10.6. The molecule has 6 nitrogen and oxygen atoms in total. The monoisotopic (exact) mass is 428 g/mol. The lowest BCUT2D eigenvalue weighted by Gasteiger charge is -2.35. The molecular weight excluding hydrogens is 402 g/mol. The number of benzene rings is 2. The van der Waals surface area contributed by atoms with Crippen molar-refractivity contribution in [3.8, 4) is 0 Å². The summed E-state index contributed by atoms with van der Waals surface area (Å²) in [5.74, 6) is -2.03. The molecule has 2 fully saturated rings. The number of anilines is 1. The van der Waals surface area contributed by atoms with Crippen molar-refractivity contribution >= 4 is 17.6 Å². The number of rotatable bonds is 6. The minimum atomic E-state index is -0.995. The average molecular weight is 428 g/mol. The Labute approximate surface area is 180 Å². The summed E-state index contributed by atoms with van der Waals surface area (Å²) >= 11 is 0. The zero-order valence-corrected chi connectivity index (χ0v) is 17.3. The third-order valence-corrected chi connectivity index (χ3v) is 5.92. The highest BCUT2D eigenvalue weighted by Crippen LogP contribution is 2.22. The largest absolute Gasteiger partial charge is 0.339 e. The summed E-state index contributed by atoms with van der Waals surface area (Å²) in [6.45, 7) is 4.58. The Kier molecular flexibility index (Phi) is 6.46. The molecule has 2 aliphatic rings. The molecule has 2 aromatic rings. The van der Waals surface area contributed by atoms with E-state index >= 15 is 0 Å². The Balaban J connectivity index is 1.24. The number of piperazine rings is 1. The number of carbonyl (C=O) groups excluding carboxylic acids is 2. The molecular formula is C23H26F2N4O2. The first-order valence-electron chi connectivity index (χ1n) is 10.6. The van der Waals surface area contributed by atoms with Crippen LogP contribution < -0.4 is 4.90 Å². The summed E-state index contributed by atoms with van der Waals surface area (Å²) in [4.78, 5) is 32.3. The van der Waals surface area contributed by atoms with Crippen molar-refractivity contribution in [3.05, 3.63) is 65.7 Å². The number of halogens is 2. The van der Waals surface area contributed by atoms with Gasteiger partial charge in [0.1, 0.15) is 6.54 Å². The van der Waals surface area contributed by atoms with Gasteiger partial charge in [-0.05, 0) is 24.1 Å². The molecule has 0 atom stereocenters. The fraction of sp³-hybridized carbons (Fsp3) is 0.391. The van der Waals surface area contributed by atoms with Crippen LogP contribution in [0.1, 0.15) is 5.56 Å². The van der Waals surface area contributed by atoms with E-state index < -0.39 is 11.6 Å². The van der Waals surface area contributed by atoms with Crippen molar-refractivity contribution in [1.82, 2.24) is 14.7 Å². The average Bonchev–Trinajstić information content (AvgIpc) is 3.15. The number of hydrogen-bond donors (Lipinski definition) is 0. The number of carbonyl (C=O) groups is 2. The number of nitrogens with zero attached hydrogens (tertiary/aromatic N) is 4. The summed E-state index contributed by atoms with van der Waals surface area (Å²) < 4.78 is 26.7. The lowest BCUT2D eigenvalue weighted by molar-refractivity contribution is -0.133. The summed E-state index contributed by atoms with van der Waals surface area (Å²) in [5.41, 5.74) is 1.60. The first-order chi connectivity index (χ1) is 15.0. The minimum absolute atomic E-state index is 0.00300. The first kappa shape index (κ1) is 21.2. The molecule has 0 bridgehead atoms. The Morgan fingerprint density at radius 3 is 2.32 bits per heavy atom. The van der Waals surface area contributed by atoms with Gasteiger partial charge < -0.3 is 9.80 Å². The fourth-order valence-corrected chi connectivity index (χ4v) is 4.04.